The van der Waals surface area contributed by atoms with E-state index in [0.29, 0.717) is 16.3 Å². The van der Waals surface area contributed by atoms with E-state index in [1.165, 1.54) is 22.2 Å². The van der Waals surface area contributed by atoms with E-state index in [9.17, 15) is 4.79 Å². The largest absolute Gasteiger partial charge is 0.287 e. The molecule has 0 unspecified atom stereocenters. The van der Waals surface area contributed by atoms with E-state index < -0.39 is 0 Å². The zero-order valence-electron chi connectivity index (χ0n) is 7.70. The van der Waals surface area contributed by atoms with Gasteiger partial charge < -0.3 is 0 Å². The van der Waals surface area contributed by atoms with E-state index in [-0.39, 0.29) is 5.78 Å². The fourth-order valence-corrected chi connectivity index (χ4v) is 2.81. The van der Waals surface area contributed by atoms with Gasteiger partial charge in [0.1, 0.15) is 5.69 Å². The summed E-state index contributed by atoms with van der Waals surface area (Å²) in [5.74, 6) is -0.0841. The minimum absolute atomic E-state index is 0.0841. The number of nitrogens with zero attached hydrogens (tertiary/aromatic N) is 2. The Morgan fingerprint density at radius 1 is 1.67 bits per heavy atom. The van der Waals surface area contributed by atoms with Gasteiger partial charge in [-0.25, -0.2) is 0 Å². The normalized spacial score (nSPS) is 10.6. The SMILES string of the molecule is Cn1ncc(Cl)c1C(=O)c1csc(I)c1. The van der Waals surface area contributed by atoms with Crippen LogP contribution < -0.4 is 0 Å². The van der Waals surface area contributed by atoms with Crippen molar-refractivity contribution in [3.8, 4) is 0 Å². The van der Waals surface area contributed by atoms with Crippen LogP contribution in [0, 0.1) is 2.88 Å². The molecule has 0 N–H and O–H groups in total. The van der Waals surface area contributed by atoms with Gasteiger partial charge in [-0.05, 0) is 28.7 Å². The van der Waals surface area contributed by atoms with Crippen LogP contribution in [0.2, 0.25) is 5.02 Å². The fraction of sp³-hybridized carbons (Fsp3) is 0.111. The highest BCUT2D eigenvalue weighted by atomic mass is 127. The molecule has 0 aromatic carbocycles. The van der Waals surface area contributed by atoms with E-state index >= 15 is 0 Å². The van der Waals surface area contributed by atoms with Crippen molar-refractivity contribution in [2.45, 2.75) is 0 Å². The van der Waals surface area contributed by atoms with Crippen molar-refractivity contribution in [1.29, 1.82) is 0 Å². The Balaban J connectivity index is 2.45. The molecule has 15 heavy (non-hydrogen) atoms. The minimum atomic E-state index is -0.0841. The molecule has 0 atom stereocenters. The molecule has 0 amide bonds. The van der Waals surface area contributed by atoms with Gasteiger partial charge in [-0.2, -0.15) is 5.10 Å². The monoisotopic (exact) mass is 352 g/mol. The standard InChI is InChI=1S/C9H6ClIN2OS/c1-13-8(6(10)3-12-13)9(14)5-2-7(11)15-4-5/h2-4H,1H3. The van der Waals surface area contributed by atoms with Crippen molar-refractivity contribution in [3.63, 3.8) is 0 Å². The van der Waals surface area contributed by atoms with Crippen molar-refractivity contribution >= 4 is 51.3 Å². The summed E-state index contributed by atoms with van der Waals surface area (Å²) in [6.07, 6.45) is 1.48. The molecule has 0 aliphatic rings. The molecule has 0 fully saturated rings. The summed E-state index contributed by atoms with van der Waals surface area (Å²) >= 11 is 9.61. The second kappa shape index (κ2) is 4.23. The number of carbonyl (C=O) groups is 1. The topological polar surface area (TPSA) is 34.9 Å². The number of ketones is 1. The third-order valence-corrected chi connectivity index (χ3v) is 4.00. The van der Waals surface area contributed by atoms with Crippen LogP contribution in [0.4, 0.5) is 0 Å². The molecule has 0 radical (unpaired) electrons. The highest BCUT2D eigenvalue weighted by Crippen LogP contribution is 2.22. The van der Waals surface area contributed by atoms with E-state index in [1.807, 2.05) is 11.4 Å². The van der Waals surface area contributed by atoms with Gasteiger partial charge in [0.25, 0.3) is 0 Å². The molecule has 2 aromatic heterocycles. The molecule has 0 bridgehead atoms. The van der Waals surface area contributed by atoms with Gasteiger partial charge in [0.15, 0.2) is 0 Å². The first-order chi connectivity index (χ1) is 7.09. The maximum Gasteiger partial charge on any atom is 0.213 e. The summed E-state index contributed by atoms with van der Waals surface area (Å²) in [4.78, 5) is 12.0. The summed E-state index contributed by atoms with van der Waals surface area (Å²) in [5.41, 5.74) is 1.10. The highest BCUT2D eigenvalue weighted by Gasteiger charge is 2.18. The molecule has 2 aromatic rings. The van der Waals surface area contributed by atoms with Gasteiger partial charge in [0, 0.05) is 18.0 Å². The van der Waals surface area contributed by atoms with Crippen LogP contribution in [0.3, 0.4) is 0 Å². The van der Waals surface area contributed by atoms with Crippen LogP contribution in [0.1, 0.15) is 16.1 Å². The molecular formula is C9H6ClIN2OS. The zero-order chi connectivity index (χ0) is 11.0. The van der Waals surface area contributed by atoms with Crippen LogP contribution >= 0.6 is 45.5 Å². The van der Waals surface area contributed by atoms with Crippen molar-refractivity contribution < 1.29 is 4.79 Å². The first kappa shape index (κ1) is 11.1. The zero-order valence-corrected chi connectivity index (χ0v) is 11.4. The molecule has 2 rings (SSSR count). The van der Waals surface area contributed by atoms with Gasteiger partial charge >= 0.3 is 0 Å². The van der Waals surface area contributed by atoms with Gasteiger partial charge in [-0.1, -0.05) is 11.6 Å². The van der Waals surface area contributed by atoms with E-state index in [2.05, 4.69) is 27.7 Å². The second-order valence-electron chi connectivity index (χ2n) is 2.93. The van der Waals surface area contributed by atoms with Crippen molar-refractivity contribution in [1.82, 2.24) is 9.78 Å². The van der Waals surface area contributed by atoms with Crippen molar-refractivity contribution in [2.24, 2.45) is 7.05 Å². The maximum absolute atomic E-state index is 12.0. The minimum Gasteiger partial charge on any atom is -0.287 e. The summed E-state index contributed by atoms with van der Waals surface area (Å²) in [7, 11) is 1.70. The summed E-state index contributed by atoms with van der Waals surface area (Å²) in [5, 5.41) is 6.15. The van der Waals surface area contributed by atoms with Crippen LogP contribution in [-0.2, 0) is 7.05 Å². The fourth-order valence-electron chi connectivity index (χ4n) is 1.23. The Bertz CT molecular complexity index is 500. The van der Waals surface area contributed by atoms with Crippen LogP contribution in [0.15, 0.2) is 17.6 Å². The van der Waals surface area contributed by atoms with Gasteiger partial charge in [-0.15, -0.1) is 11.3 Å². The quantitative estimate of drug-likeness (QED) is 0.615. The Labute approximate surface area is 109 Å². The number of thiophene rings is 1. The van der Waals surface area contributed by atoms with Gasteiger partial charge in [-0.3, -0.25) is 9.48 Å². The lowest BCUT2D eigenvalue weighted by Gasteiger charge is -1.99. The van der Waals surface area contributed by atoms with Gasteiger partial charge in [0.2, 0.25) is 5.78 Å². The molecule has 3 nitrogen and oxygen atoms in total. The molecular weight excluding hydrogens is 347 g/mol. The average molecular weight is 353 g/mol. The lowest BCUT2D eigenvalue weighted by atomic mass is 10.2. The number of hydrogen-bond acceptors (Lipinski definition) is 3. The molecule has 0 saturated heterocycles. The lowest BCUT2D eigenvalue weighted by Crippen LogP contribution is -2.07. The maximum atomic E-state index is 12.0. The van der Waals surface area contributed by atoms with E-state index in [1.54, 1.807) is 7.05 Å². The Kier molecular flexibility index (Phi) is 3.13. The number of carbonyl (C=O) groups excluding carboxylic acids is 1. The third kappa shape index (κ3) is 2.09. The van der Waals surface area contributed by atoms with E-state index in [4.69, 9.17) is 11.6 Å². The average Bonchev–Trinajstić information content (AvgIpc) is 2.73. The Hall–Kier alpha value is -0.400. The smallest absolute Gasteiger partial charge is 0.213 e. The predicted octanol–water partition coefficient (Wildman–Crippen LogP) is 2.97. The lowest BCUT2D eigenvalue weighted by molar-refractivity contribution is 0.103. The number of hydrogen-bond donors (Lipinski definition) is 0. The highest BCUT2D eigenvalue weighted by molar-refractivity contribution is 14.1. The first-order valence-corrected chi connectivity index (χ1v) is 6.39. The molecule has 0 aliphatic carbocycles. The van der Waals surface area contributed by atoms with Gasteiger partial charge in [0.05, 0.1) is 14.1 Å². The molecule has 6 heteroatoms. The Morgan fingerprint density at radius 2 is 2.40 bits per heavy atom. The molecule has 2 heterocycles. The summed E-state index contributed by atoms with van der Waals surface area (Å²) in [6, 6.07) is 1.84. The predicted molar refractivity (Wildman–Crippen MR) is 68.7 cm³/mol. The summed E-state index contributed by atoms with van der Waals surface area (Å²) < 4.78 is 2.57. The van der Waals surface area contributed by atoms with Crippen LogP contribution in [0.25, 0.3) is 0 Å². The van der Waals surface area contributed by atoms with E-state index in [0.717, 1.165) is 2.88 Å². The first-order valence-electron chi connectivity index (χ1n) is 4.06. The number of rotatable bonds is 2. The number of halogens is 2. The molecule has 0 spiro atoms. The van der Waals surface area contributed by atoms with Crippen LogP contribution in [-0.4, -0.2) is 15.6 Å². The number of aryl methyl sites for hydroxylation is 1. The van der Waals surface area contributed by atoms with Crippen LogP contribution in [0.5, 0.6) is 0 Å². The van der Waals surface area contributed by atoms with Crippen molar-refractivity contribution in [2.75, 3.05) is 0 Å². The number of aromatic nitrogens is 2. The third-order valence-electron chi connectivity index (χ3n) is 1.94. The summed E-state index contributed by atoms with van der Waals surface area (Å²) in [6.45, 7) is 0. The van der Waals surface area contributed by atoms with Crippen molar-refractivity contribution in [3.05, 3.63) is 36.8 Å². The molecule has 0 aliphatic heterocycles. The molecule has 78 valence electrons. The Morgan fingerprint density at radius 3 is 2.87 bits per heavy atom. The second-order valence-corrected chi connectivity index (χ2v) is 6.15. The molecule has 0 saturated carbocycles.